The van der Waals surface area contributed by atoms with E-state index in [2.05, 4.69) is 26.8 Å². The highest BCUT2D eigenvalue weighted by molar-refractivity contribution is 5.17. The largest absolute Gasteiger partial charge is 0.0794 e. The predicted octanol–water partition coefficient (Wildman–Crippen LogP) is 4.17. The van der Waals surface area contributed by atoms with Gasteiger partial charge in [0.1, 0.15) is 0 Å². The summed E-state index contributed by atoms with van der Waals surface area (Å²) in [4.78, 5) is 0. The van der Waals surface area contributed by atoms with Gasteiger partial charge in [-0.2, -0.15) is 0 Å². The summed E-state index contributed by atoms with van der Waals surface area (Å²) >= 11 is 0. The summed E-state index contributed by atoms with van der Waals surface area (Å²) in [5, 5.41) is 0. The smallest absolute Gasteiger partial charge is 0.0172 e. The van der Waals surface area contributed by atoms with E-state index in [9.17, 15) is 0 Å². The SMILES string of the molecule is CC1CCCC2=CC(C)(C)CCC21. The number of allylic oxidation sites excluding steroid dienone is 2. The molecular weight excluding hydrogens is 156 g/mol. The van der Waals surface area contributed by atoms with Crippen molar-refractivity contribution in [1.29, 1.82) is 0 Å². The molecule has 1 fully saturated rings. The van der Waals surface area contributed by atoms with Crippen molar-refractivity contribution in [3.63, 3.8) is 0 Å². The molecule has 0 amide bonds. The third kappa shape index (κ3) is 1.82. The molecule has 0 aliphatic heterocycles. The van der Waals surface area contributed by atoms with Crippen molar-refractivity contribution in [1.82, 2.24) is 0 Å². The third-order valence-electron chi connectivity index (χ3n) is 3.96. The minimum absolute atomic E-state index is 0.489. The molecular formula is C13H22. The Morgan fingerprint density at radius 3 is 2.85 bits per heavy atom. The highest BCUT2D eigenvalue weighted by atomic mass is 14.4. The van der Waals surface area contributed by atoms with Gasteiger partial charge in [0.15, 0.2) is 0 Å². The van der Waals surface area contributed by atoms with Gasteiger partial charge in [0.2, 0.25) is 0 Å². The maximum atomic E-state index is 2.58. The van der Waals surface area contributed by atoms with Crippen molar-refractivity contribution in [2.75, 3.05) is 0 Å². The van der Waals surface area contributed by atoms with Gasteiger partial charge in [-0.15, -0.1) is 0 Å². The molecule has 0 spiro atoms. The summed E-state index contributed by atoms with van der Waals surface area (Å²) in [5.41, 5.74) is 2.28. The van der Waals surface area contributed by atoms with Gasteiger partial charge in [-0.25, -0.2) is 0 Å². The second-order valence-corrected chi connectivity index (χ2v) is 5.72. The van der Waals surface area contributed by atoms with E-state index < -0.39 is 0 Å². The lowest BCUT2D eigenvalue weighted by Gasteiger charge is -2.39. The quantitative estimate of drug-likeness (QED) is 0.488. The molecule has 2 unspecified atom stereocenters. The van der Waals surface area contributed by atoms with Gasteiger partial charge in [-0.05, 0) is 49.4 Å². The van der Waals surface area contributed by atoms with Gasteiger partial charge in [-0.3, -0.25) is 0 Å². The number of rotatable bonds is 0. The summed E-state index contributed by atoms with van der Waals surface area (Å²) in [6.45, 7) is 7.21. The van der Waals surface area contributed by atoms with Crippen LogP contribution in [0.4, 0.5) is 0 Å². The lowest BCUT2D eigenvalue weighted by molar-refractivity contribution is 0.246. The Morgan fingerprint density at radius 2 is 2.08 bits per heavy atom. The molecule has 0 radical (unpaired) electrons. The van der Waals surface area contributed by atoms with Gasteiger partial charge in [-0.1, -0.05) is 32.4 Å². The Morgan fingerprint density at radius 1 is 1.31 bits per heavy atom. The van der Waals surface area contributed by atoms with Crippen molar-refractivity contribution >= 4 is 0 Å². The number of hydrogen-bond donors (Lipinski definition) is 0. The first-order chi connectivity index (χ1) is 6.08. The number of hydrogen-bond acceptors (Lipinski definition) is 0. The average molecular weight is 178 g/mol. The normalized spacial score (nSPS) is 37.9. The summed E-state index contributed by atoms with van der Waals surface area (Å²) < 4.78 is 0. The molecule has 2 rings (SSSR count). The molecule has 0 aromatic heterocycles. The first kappa shape index (κ1) is 9.30. The zero-order valence-corrected chi connectivity index (χ0v) is 9.27. The van der Waals surface area contributed by atoms with E-state index in [1.54, 1.807) is 5.57 Å². The van der Waals surface area contributed by atoms with Crippen LogP contribution in [-0.4, -0.2) is 0 Å². The van der Waals surface area contributed by atoms with E-state index >= 15 is 0 Å². The molecule has 2 atom stereocenters. The summed E-state index contributed by atoms with van der Waals surface area (Å²) in [7, 11) is 0. The fraction of sp³-hybridized carbons (Fsp3) is 0.846. The molecule has 1 saturated carbocycles. The molecule has 0 nitrogen and oxygen atoms in total. The van der Waals surface area contributed by atoms with Crippen molar-refractivity contribution in [3.8, 4) is 0 Å². The van der Waals surface area contributed by atoms with Crippen LogP contribution in [0, 0.1) is 17.3 Å². The Bertz CT molecular complexity index is 222. The molecule has 0 bridgehead atoms. The zero-order chi connectivity index (χ0) is 9.47. The molecule has 0 heterocycles. The van der Waals surface area contributed by atoms with Crippen LogP contribution in [0.1, 0.15) is 52.9 Å². The Balaban J connectivity index is 2.21. The van der Waals surface area contributed by atoms with Crippen LogP contribution in [0.3, 0.4) is 0 Å². The van der Waals surface area contributed by atoms with Crippen LogP contribution in [0.5, 0.6) is 0 Å². The Hall–Kier alpha value is -0.260. The van der Waals surface area contributed by atoms with Gasteiger partial charge in [0.25, 0.3) is 0 Å². The van der Waals surface area contributed by atoms with Gasteiger partial charge < -0.3 is 0 Å². The summed E-state index contributed by atoms with van der Waals surface area (Å²) in [6.07, 6.45) is 9.70. The minimum atomic E-state index is 0.489. The monoisotopic (exact) mass is 178 g/mol. The van der Waals surface area contributed by atoms with Crippen molar-refractivity contribution in [2.24, 2.45) is 17.3 Å². The minimum Gasteiger partial charge on any atom is -0.0794 e. The second-order valence-electron chi connectivity index (χ2n) is 5.72. The van der Waals surface area contributed by atoms with Crippen molar-refractivity contribution in [3.05, 3.63) is 11.6 Å². The van der Waals surface area contributed by atoms with E-state index in [0.29, 0.717) is 5.41 Å². The molecule has 0 aromatic carbocycles. The Kier molecular flexibility index (Phi) is 2.25. The van der Waals surface area contributed by atoms with Crippen LogP contribution in [0.15, 0.2) is 11.6 Å². The van der Waals surface area contributed by atoms with Crippen molar-refractivity contribution in [2.45, 2.75) is 52.9 Å². The van der Waals surface area contributed by atoms with Gasteiger partial charge in [0, 0.05) is 0 Å². The van der Waals surface area contributed by atoms with E-state index in [0.717, 1.165) is 11.8 Å². The lowest BCUT2D eigenvalue weighted by Crippen LogP contribution is -2.27. The Labute approximate surface area is 82.4 Å². The predicted molar refractivity (Wildman–Crippen MR) is 57.6 cm³/mol. The van der Waals surface area contributed by atoms with Gasteiger partial charge >= 0.3 is 0 Å². The number of fused-ring (bicyclic) bond motifs is 1. The van der Waals surface area contributed by atoms with E-state index in [1.165, 1.54) is 32.1 Å². The first-order valence-electron chi connectivity index (χ1n) is 5.80. The van der Waals surface area contributed by atoms with Gasteiger partial charge in [0.05, 0.1) is 0 Å². The molecule has 74 valence electrons. The topological polar surface area (TPSA) is 0 Å². The first-order valence-corrected chi connectivity index (χ1v) is 5.80. The average Bonchev–Trinajstić information content (AvgIpc) is 2.02. The molecule has 0 heteroatoms. The molecule has 2 aliphatic carbocycles. The fourth-order valence-corrected chi connectivity index (χ4v) is 3.13. The highest BCUT2D eigenvalue weighted by Crippen LogP contribution is 2.45. The van der Waals surface area contributed by atoms with Crippen LogP contribution >= 0.6 is 0 Å². The summed E-state index contributed by atoms with van der Waals surface area (Å²) in [5.74, 6) is 1.90. The molecule has 0 saturated heterocycles. The molecule has 0 N–H and O–H groups in total. The van der Waals surface area contributed by atoms with E-state index in [4.69, 9.17) is 0 Å². The lowest BCUT2D eigenvalue weighted by atomic mass is 9.66. The van der Waals surface area contributed by atoms with E-state index in [-0.39, 0.29) is 0 Å². The standard InChI is InChI=1S/C13H22/c1-10-5-4-6-11-9-13(2,3)8-7-12(10)11/h9-10,12H,4-8H2,1-3H3. The zero-order valence-electron chi connectivity index (χ0n) is 9.27. The third-order valence-corrected chi connectivity index (χ3v) is 3.96. The van der Waals surface area contributed by atoms with E-state index in [1.807, 2.05) is 0 Å². The highest BCUT2D eigenvalue weighted by Gasteiger charge is 2.32. The fourth-order valence-electron chi connectivity index (χ4n) is 3.13. The second kappa shape index (κ2) is 3.15. The molecule has 2 aliphatic rings. The van der Waals surface area contributed by atoms with Crippen LogP contribution in [0.2, 0.25) is 0 Å². The molecule has 0 aromatic rings. The van der Waals surface area contributed by atoms with Crippen LogP contribution < -0.4 is 0 Å². The van der Waals surface area contributed by atoms with Crippen LogP contribution in [-0.2, 0) is 0 Å². The molecule has 13 heavy (non-hydrogen) atoms. The maximum Gasteiger partial charge on any atom is -0.0172 e. The maximum absolute atomic E-state index is 2.58. The van der Waals surface area contributed by atoms with Crippen molar-refractivity contribution < 1.29 is 0 Å². The van der Waals surface area contributed by atoms with Crippen LogP contribution in [0.25, 0.3) is 0 Å². The summed E-state index contributed by atoms with van der Waals surface area (Å²) in [6, 6.07) is 0.